The van der Waals surface area contributed by atoms with Gasteiger partial charge in [0, 0.05) is 12.6 Å². The Morgan fingerprint density at radius 2 is 1.80 bits per heavy atom. The summed E-state index contributed by atoms with van der Waals surface area (Å²) in [5.74, 6) is 0.941. The Morgan fingerprint density at radius 1 is 1.15 bits per heavy atom. The maximum absolute atomic E-state index is 11.9. The Kier molecular flexibility index (Phi) is 5.88. The van der Waals surface area contributed by atoms with Gasteiger partial charge in [-0.25, -0.2) is 0 Å². The lowest BCUT2D eigenvalue weighted by Gasteiger charge is -2.31. The zero-order valence-corrected chi connectivity index (χ0v) is 13.3. The summed E-state index contributed by atoms with van der Waals surface area (Å²) in [5, 5.41) is 6.59. The minimum absolute atomic E-state index is 0.189. The van der Waals surface area contributed by atoms with Gasteiger partial charge in [-0.1, -0.05) is 39.5 Å². The standard InChI is InChI=1S/C17H32N2O/c1-14(2)11-17(9-5-6-10-17)13-18-12-16(20)19-15-7-3-4-8-15/h14-15,18H,3-13H2,1-2H3,(H,19,20). The summed E-state index contributed by atoms with van der Waals surface area (Å²) in [7, 11) is 0. The van der Waals surface area contributed by atoms with Gasteiger partial charge < -0.3 is 10.6 Å². The summed E-state index contributed by atoms with van der Waals surface area (Å²) in [5.41, 5.74) is 0.460. The minimum Gasteiger partial charge on any atom is -0.352 e. The molecule has 0 heterocycles. The van der Waals surface area contributed by atoms with Crippen molar-refractivity contribution in [2.24, 2.45) is 11.3 Å². The Bertz CT molecular complexity index is 302. The highest BCUT2D eigenvalue weighted by atomic mass is 16.1. The number of carbonyl (C=O) groups excluding carboxylic acids is 1. The van der Waals surface area contributed by atoms with E-state index in [0.717, 1.165) is 12.5 Å². The van der Waals surface area contributed by atoms with Crippen molar-refractivity contribution in [3.8, 4) is 0 Å². The molecule has 0 radical (unpaired) electrons. The van der Waals surface area contributed by atoms with Crippen molar-refractivity contribution in [1.82, 2.24) is 10.6 Å². The molecule has 0 atom stereocenters. The van der Waals surface area contributed by atoms with E-state index < -0.39 is 0 Å². The lowest BCUT2D eigenvalue weighted by Crippen LogP contribution is -2.42. The molecule has 0 bridgehead atoms. The lowest BCUT2D eigenvalue weighted by atomic mass is 9.78. The Labute approximate surface area is 124 Å². The van der Waals surface area contributed by atoms with Crippen molar-refractivity contribution < 1.29 is 4.79 Å². The average molecular weight is 280 g/mol. The molecule has 2 N–H and O–H groups in total. The molecule has 116 valence electrons. The third-order valence-corrected chi connectivity index (χ3v) is 5.01. The number of amides is 1. The fraction of sp³-hybridized carbons (Fsp3) is 0.941. The molecule has 2 saturated carbocycles. The van der Waals surface area contributed by atoms with Crippen LogP contribution in [-0.2, 0) is 4.79 Å². The number of hydrogen-bond donors (Lipinski definition) is 2. The van der Waals surface area contributed by atoms with Crippen molar-refractivity contribution in [2.45, 2.75) is 77.7 Å². The van der Waals surface area contributed by atoms with Crippen LogP contribution in [0.5, 0.6) is 0 Å². The van der Waals surface area contributed by atoms with Crippen LogP contribution >= 0.6 is 0 Å². The molecule has 2 aliphatic rings. The summed E-state index contributed by atoms with van der Waals surface area (Å²) >= 11 is 0. The van der Waals surface area contributed by atoms with E-state index in [2.05, 4.69) is 24.5 Å². The highest BCUT2D eigenvalue weighted by Gasteiger charge is 2.34. The number of rotatable bonds is 7. The topological polar surface area (TPSA) is 41.1 Å². The second-order valence-electron chi connectivity index (χ2n) is 7.46. The van der Waals surface area contributed by atoms with Crippen LogP contribution in [0.15, 0.2) is 0 Å². The first-order chi connectivity index (χ1) is 9.60. The molecular formula is C17H32N2O. The van der Waals surface area contributed by atoms with Crippen LogP contribution in [0, 0.1) is 11.3 Å². The van der Waals surface area contributed by atoms with Crippen molar-refractivity contribution in [3.05, 3.63) is 0 Å². The molecule has 2 rings (SSSR count). The van der Waals surface area contributed by atoms with Crippen molar-refractivity contribution >= 4 is 5.91 Å². The van der Waals surface area contributed by atoms with E-state index in [1.54, 1.807) is 0 Å². The number of hydrogen-bond acceptors (Lipinski definition) is 2. The zero-order chi connectivity index (χ0) is 14.4. The highest BCUT2D eigenvalue weighted by Crippen LogP contribution is 2.42. The highest BCUT2D eigenvalue weighted by molar-refractivity contribution is 5.78. The molecule has 20 heavy (non-hydrogen) atoms. The van der Waals surface area contributed by atoms with Gasteiger partial charge in [0.2, 0.25) is 5.91 Å². The summed E-state index contributed by atoms with van der Waals surface area (Å²) in [4.78, 5) is 11.9. The molecule has 0 aromatic heterocycles. The van der Waals surface area contributed by atoms with Gasteiger partial charge in [0.05, 0.1) is 6.54 Å². The van der Waals surface area contributed by atoms with Gasteiger partial charge in [-0.2, -0.15) is 0 Å². The van der Waals surface area contributed by atoms with Crippen molar-refractivity contribution in [2.75, 3.05) is 13.1 Å². The molecule has 0 aliphatic heterocycles. The Hall–Kier alpha value is -0.570. The fourth-order valence-corrected chi connectivity index (χ4v) is 4.23. The number of carbonyl (C=O) groups is 1. The van der Waals surface area contributed by atoms with E-state index in [-0.39, 0.29) is 5.91 Å². The van der Waals surface area contributed by atoms with Crippen LogP contribution in [0.4, 0.5) is 0 Å². The SMILES string of the molecule is CC(C)CC1(CNCC(=O)NC2CCCC2)CCCC1. The molecule has 0 aromatic carbocycles. The third-order valence-electron chi connectivity index (χ3n) is 5.01. The minimum atomic E-state index is 0.189. The zero-order valence-electron chi connectivity index (χ0n) is 13.3. The molecule has 1 amide bonds. The first-order valence-corrected chi connectivity index (χ1v) is 8.60. The van der Waals surface area contributed by atoms with E-state index in [9.17, 15) is 4.79 Å². The third kappa shape index (κ3) is 4.76. The van der Waals surface area contributed by atoms with Crippen LogP contribution in [0.2, 0.25) is 0 Å². The summed E-state index contributed by atoms with van der Waals surface area (Å²) < 4.78 is 0. The van der Waals surface area contributed by atoms with Crippen molar-refractivity contribution in [1.29, 1.82) is 0 Å². The average Bonchev–Trinajstić information content (AvgIpc) is 3.00. The smallest absolute Gasteiger partial charge is 0.234 e. The summed E-state index contributed by atoms with van der Waals surface area (Å²) in [6.07, 6.45) is 11.6. The molecule has 0 saturated heterocycles. The number of nitrogens with one attached hydrogen (secondary N) is 2. The maximum Gasteiger partial charge on any atom is 0.234 e. The van der Waals surface area contributed by atoms with Crippen LogP contribution in [-0.4, -0.2) is 25.0 Å². The van der Waals surface area contributed by atoms with Crippen LogP contribution in [0.1, 0.15) is 71.6 Å². The van der Waals surface area contributed by atoms with Gasteiger partial charge in [0.15, 0.2) is 0 Å². The van der Waals surface area contributed by atoms with Gasteiger partial charge in [-0.15, -0.1) is 0 Å². The van der Waals surface area contributed by atoms with E-state index in [1.807, 2.05) is 0 Å². The maximum atomic E-state index is 11.9. The van der Waals surface area contributed by atoms with E-state index in [0.29, 0.717) is 18.0 Å². The first kappa shape index (κ1) is 15.8. The molecule has 0 aromatic rings. The Balaban J connectivity index is 1.68. The molecule has 0 spiro atoms. The van der Waals surface area contributed by atoms with E-state index in [4.69, 9.17) is 0 Å². The summed E-state index contributed by atoms with van der Waals surface area (Å²) in [6.45, 7) is 6.14. The second-order valence-corrected chi connectivity index (χ2v) is 7.46. The fourth-order valence-electron chi connectivity index (χ4n) is 4.23. The van der Waals surface area contributed by atoms with Gasteiger partial charge in [0.1, 0.15) is 0 Å². The summed E-state index contributed by atoms with van der Waals surface area (Å²) in [6, 6.07) is 0.445. The first-order valence-electron chi connectivity index (χ1n) is 8.60. The molecule has 3 heteroatoms. The Morgan fingerprint density at radius 3 is 2.40 bits per heavy atom. The van der Waals surface area contributed by atoms with Crippen LogP contribution < -0.4 is 10.6 Å². The predicted molar refractivity (Wildman–Crippen MR) is 83.6 cm³/mol. The lowest BCUT2D eigenvalue weighted by molar-refractivity contribution is -0.121. The molecule has 2 fully saturated rings. The van der Waals surface area contributed by atoms with Gasteiger partial charge in [0.25, 0.3) is 0 Å². The quantitative estimate of drug-likeness (QED) is 0.751. The van der Waals surface area contributed by atoms with E-state index in [1.165, 1.54) is 57.8 Å². The normalized spacial score (nSPS) is 22.6. The molecular weight excluding hydrogens is 248 g/mol. The van der Waals surface area contributed by atoms with Crippen LogP contribution in [0.25, 0.3) is 0 Å². The van der Waals surface area contributed by atoms with Crippen molar-refractivity contribution in [3.63, 3.8) is 0 Å². The molecule has 2 aliphatic carbocycles. The van der Waals surface area contributed by atoms with Gasteiger partial charge in [-0.05, 0) is 43.4 Å². The molecule has 0 unspecified atom stereocenters. The monoisotopic (exact) mass is 280 g/mol. The van der Waals surface area contributed by atoms with Gasteiger partial charge >= 0.3 is 0 Å². The predicted octanol–water partition coefficient (Wildman–Crippen LogP) is 3.24. The van der Waals surface area contributed by atoms with Gasteiger partial charge in [-0.3, -0.25) is 4.79 Å². The largest absolute Gasteiger partial charge is 0.352 e. The molecule has 3 nitrogen and oxygen atoms in total. The second kappa shape index (κ2) is 7.44. The van der Waals surface area contributed by atoms with Crippen LogP contribution in [0.3, 0.4) is 0 Å². The van der Waals surface area contributed by atoms with E-state index >= 15 is 0 Å².